The molecule has 4 bridgehead atoms. The summed E-state index contributed by atoms with van der Waals surface area (Å²) in [5.41, 5.74) is -0.438. The summed E-state index contributed by atoms with van der Waals surface area (Å²) in [6.45, 7) is 9.40. The lowest BCUT2D eigenvalue weighted by atomic mass is 9.85. The zero-order valence-electron chi connectivity index (χ0n) is 28.2. The molecule has 5 atom stereocenters. The van der Waals surface area contributed by atoms with Crippen LogP contribution in [0.25, 0.3) is 10.9 Å². The van der Waals surface area contributed by atoms with E-state index in [1.807, 2.05) is 18.2 Å². The van der Waals surface area contributed by atoms with Crippen LogP contribution < -0.4 is 20.1 Å². The first kappa shape index (κ1) is 34.7. The lowest BCUT2D eigenvalue weighted by molar-refractivity contribution is -0.142. The predicted octanol–water partition coefficient (Wildman–Crippen LogP) is 3.12. The number of pyridine rings is 1. The first-order valence-corrected chi connectivity index (χ1v) is 18.6. The highest BCUT2D eigenvalue weighted by molar-refractivity contribution is 7.91. The monoisotopic (exact) mass is 695 g/mol. The minimum Gasteiger partial charge on any atom is -0.488 e. The van der Waals surface area contributed by atoms with Crippen molar-refractivity contribution in [3.8, 4) is 5.75 Å². The van der Waals surface area contributed by atoms with Gasteiger partial charge < -0.3 is 25.0 Å². The summed E-state index contributed by atoms with van der Waals surface area (Å²) in [5, 5.41) is 5.72. The Balaban J connectivity index is 1.32. The Hall–Kier alpha value is -4.20. The Labute approximate surface area is 286 Å². The van der Waals surface area contributed by atoms with Crippen molar-refractivity contribution in [1.29, 1.82) is 0 Å². The molecule has 3 heterocycles. The molecule has 14 heteroatoms. The maximum Gasteiger partial charge on any atom is 0.407 e. The largest absolute Gasteiger partial charge is 0.488 e. The minimum absolute atomic E-state index is 0.0177. The van der Waals surface area contributed by atoms with Crippen LogP contribution in [0.5, 0.6) is 5.75 Å². The van der Waals surface area contributed by atoms with Gasteiger partial charge in [-0.3, -0.25) is 24.1 Å². The van der Waals surface area contributed by atoms with E-state index in [4.69, 9.17) is 9.47 Å². The summed E-state index contributed by atoms with van der Waals surface area (Å²) in [6.07, 6.45) is 6.20. The Morgan fingerprint density at radius 2 is 1.92 bits per heavy atom. The van der Waals surface area contributed by atoms with Crippen molar-refractivity contribution >= 4 is 44.7 Å². The molecule has 3 N–H and O–H groups in total. The standard InChI is InChI=1S/C35H45N5O8S/c1-5-22-19-35(22,32(43)39-49(45,46)24-11-12-24)38-30(41)27-18-23-20-40(27)31(42)29(34(2,3)4)37-33(44)47-16-8-6-7-9-21-10-13-26-25(17-21)28(48-23)14-15-36-26/h5,10,13-15,17,22-24,27,29H,1,6-9,11-12,16,18-20H2,2-4H3,(H,37,44)(H,38,41)(H,39,43)/t22?,23-,27+,29-,35-/m1/s1. The molecule has 0 spiro atoms. The number of alkyl carbamates (subject to hydrolysis) is 1. The van der Waals surface area contributed by atoms with E-state index in [1.54, 1.807) is 33.0 Å². The Kier molecular flexibility index (Phi) is 9.38. The van der Waals surface area contributed by atoms with Gasteiger partial charge in [-0.1, -0.05) is 32.9 Å². The molecule has 13 nitrogen and oxygen atoms in total. The fourth-order valence-corrected chi connectivity index (χ4v) is 8.11. The van der Waals surface area contributed by atoms with E-state index >= 15 is 0 Å². The second kappa shape index (κ2) is 13.3. The van der Waals surface area contributed by atoms with Gasteiger partial charge in [-0.05, 0) is 74.1 Å². The van der Waals surface area contributed by atoms with E-state index in [0.29, 0.717) is 25.0 Å². The van der Waals surface area contributed by atoms with Crippen molar-refractivity contribution in [2.75, 3.05) is 13.2 Å². The van der Waals surface area contributed by atoms with E-state index in [9.17, 15) is 27.6 Å². The molecule has 49 heavy (non-hydrogen) atoms. The highest BCUT2D eigenvalue weighted by atomic mass is 32.2. The Bertz CT molecular complexity index is 1770. The maximum absolute atomic E-state index is 14.4. The number of rotatable bonds is 6. The van der Waals surface area contributed by atoms with Crippen LogP contribution in [0.2, 0.25) is 0 Å². The van der Waals surface area contributed by atoms with Gasteiger partial charge in [-0.2, -0.15) is 0 Å². The SMILES string of the molecule is C=CC1C[C@]1(NC(=O)[C@@H]1C[C@@H]2CN1C(=O)[C@H](C(C)(C)C)NC(=O)OCCCCCc1ccc3nccc(c3c1)O2)C(=O)NS(=O)(=O)C1CC1. The number of hydrogen-bond acceptors (Lipinski definition) is 9. The third-order valence-electron chi connectivity index (χ3n) is 9.87. The maximum atomic E-state index is 14.4. The van der Waals surface area contributed by atoms with Crippen molar-refractivity contribution in [2.24, 2.45) is 11.3 Å². The van der Waals surface area contributed by atoms with Crippen LogP contribution in [0.4, 0.5) is 4.79 Å². The molecule has 2 saturated carbocycles. The van der Waals surface area contributed by atoms with Crippen molar-refractivity contribution in [1.82, 2.24) is 25.2 Å². The van der Waals surface area contributed by atoms with Gasteiger partial charge in [0.05, 0.1) is 23.9 Å². The van der Waals surface area contributed by atoms with E-state index < -0.39 is 74.1 Å². The average molecular weight is 696 g/mol. The molecule has 2 aromatic rings. The molecule has 0 radical (unpaired) electrons. The lowest BCUT2D eigenvalue weighted by Crippen LogP contribution is -2.60. The smallest absolute Gasteiger partial charge is 0.407 e. The van der Waals surface area contributed by atoms with E-state index in [-0.39, 0.29) is 26.0 Å². The van der Waals surface area contributed by atoms with E-state index in [0.717, 1.165) is 35.7 Å². The molecule has 2 aliphatic heterocycles. The first-order chi connectivity index (χ1) is 23.2. The van der Waals surface area contributed by atoms with Gasteiger partial charge in [0.2, 0.25) is 21.8 Å². The van der Waals surface area contributed by atoms with Gasteiger partial charge in [0, 0.05) is 23.9 Å². The fourth-order valence-electron chi connectivity index (χ4n) is 6.75. The predicted molar refractivity (Wildman–Crippen MR) is 181 cm³/mol. The number of fused-ring (bicyclic) bond motifs is 3. The van der Waals surface area contributed by atoms with Gasteiger partial charge >= 0.3 is 6.09 Å². The molecule has 264 valence electrons. The number of carbonyl (C=O) groups excluding carboxylic acids is 4. The number of hydrogen-bond donors (Lipinski definition) is 3. The molecule has 1 aromatic carbocycles. The summed E-state index contributed by atoms with van der Waals surface area (Å²) in [7, 11) is -3.88. The van der Waals surface area contributed by atoms with Crippen LogP contribution in [0.3, 0.4) is 0 Å². The lowest BCUT2D eigenvalue weighted by Gasteiger charge is -2.35. The molecule has 3 fully saturated rings. The van der Waals surface area contributed by atoms with Gasteiger partial charge in [0.15, 0.2) is 0 Å². The average Bonchev–Trinajstić information content (AvgIpc) is 3.97. The van der Waals surface area contributed by atoms with Crippen molar-refractivity contribution < 1.29 is 37.1 Å². The van der Waals surface area contributed by atoms with Crippen LogP contribution >= 0.6 is 0 Å². The molecule has 6 rings (SSSR count). The van der Waals surface area contributed by atoms with E-state index in [1.165, 1.54) is 11.0 Å². The highest BCUT2D eigenvalue weighted by Gasteiger charge is 2.62. The normalized spacial score (nSPS) is 28.0. The first-order valence-electron chi connectivity index (χ1n) is 17.0. The number of nitrogens with zero attached hydrogens (tertiary/aromatic N) is 2. The molecule has 2 aliphatic carbocycles. The van der Waals surface area contributed by atoms with Crippen molar-refractivity contribution in [3.05, 3.63) is 48.7 Å². The fraction of sp³-hybridized carbons (Fsp3) is 0.571. The summed E-state index contributed by atoms with van der Waals surface area (Å²) in [5.74, 6) is -1.90. The number of sulfonamides is 1. The molecule has 1 saturated heterocycles. The summed E-state index contributed by atoms with van der Waals surface area (Å²) in [4.78, 5) is 60.8. The summed E-state index contributed by atoms with van der Waals surface area (Å²) in [6, 6.07) is 5.63. The molecule has 1 aromatic heterocycles. The summed E-state index contributed by atoms with van der Waals surface area (Å²) >= 11 is 0. The number of carbonyl (C=O) groups is 4. The van der Waals surface area contributed by atoms with Crippen LogP contribution in [0, 0.1) is 11.3 Å². The zero-order valence-corrected chi connectivity index (χ0v) is 29.0. The third-order valence-corrected chi connectivity index (χ3v) is 11.7. The second-order valence-electron chi connectivity index (χ2n) is 14.7. The highest BCUT2D eigenvalue weighted by Crippen LogP contribution is 2.45. The summed E-state index contributed by atoms with van der Waals surface area (Å²) < 4.78 is 39.4. The number of amides is 4. The van der Waals surface area contributed by atoms with Crippen molar-refractivity contribution in [3.63, 3.8) is 0 Å². The number of aryl methyl sites for hydroxylation is 1. The van der Waals surface area contributed by atoms with Crippen molar-refractivity contribution in [2.45, 2.75) is 101 Å². The Morgan fingerprint density at radius 1 is 1.14 bits per heavy atom. The van der Waals surface area contributed by atoms with Gasteiger partial charge in [0.1, 0.15) is 29.5 Å². The van der Waals surface area contributed by atoms with Crippen LogP contribution in [0.15, 0.2) is 43.1 Å². The number of ether oxygens (including phenoxy) is 2. The van der Waals surface area contributed by atoms with Crippen LogP contribution in [0.1, 0.15) is 71.3 Å². The third kappa shape index (κ3) is 7.38. The van der Waals surface area contributed by atoms with E-state index in [2.05, 4.69) is 26.9 Å². The number of aromatic nitrogens is 1. The van der Waals surface area contributed by atoms with Gasteiger partial charge in [-0.15, -0.1) is 6.58 Å². The minimum atomic E-state index is -3.88. The molecule has 4 aliphatic rings. The van der Waals surface area contributed by atoms with Crippen LogP contribution in [-0.4, -0.2) is 84.2 Å². The molecular formula is C35H45N5O8S. The molecule has 4 amide bonds. The van der Waals surface area contributed by atoms with Gasteiger partial charge in [-0.25, -0.2) is 13.2 Å². The Morgan fingerprint density at radius 3 is 2.61 bits per heavy atom. The topological polar surface area (TPSA) is 173 Å². The number of cyclic esters (lactones) is 1. The van der Waals surface area contributed by atoms with Crippen LogP contribution in [-0.2, 0) is 35.6 Å². The second-order valence-corrected chi connectivity index (χ2v) is 16.7. The number of nitrogens with one attached hydrogen (secondary N) is 3. The molecular weight excluding hydrogens is 650 g/mol. The van der Waals surface area contributed by atoms with Gasteiger partial charge in [0.25, 0.3) is 5.91 Å². The molecule has 1 unspecified atom stereocenters. The quantitative estimate of drug-likeness (QED) is 0.384. The zero-order chi connectivity index (χ0) is 35.1. The number of benzene rings is 1.